The average Bonchev–Trinajstić information content (AvgIpc) is 3.70. The predicted molar refractivity (Wildman–Crippen MR) is 186 cm³/mol. The molecule has 4 unspecified atom stereocenters. The number of aromatic nitrogens is 2. The van der Waals surface area contributed by atoms with Crippen LogP contribution in [0.15, 0.2) is 54.7 Å². The number of carbonyl (C=O) groups excluding carboxylic acids is 2. The van der Waals surface area contributed by atoms with Gasteiger partial charge in [-0.15, -0.1) is 0 Å². The minimum atomic E-state index is -0.392. The molecule has 0 N–H and O–H groups in total. The van der Waals surface area contributed by atoms with Gasteiger partial charge in [-0.25, -0.2) is 4.79 Å². The van der Waals surface area contributed by atoms with Crippen molar-refractivity contribution in [1.29, 1.82) is 0 Å². The van der Waals surface area contributed by atoms with Crippen LogP contribution in [0.1, 0.15) is 100 Å². The third kappa shape index (κ3) is 4.88. The van der Waals surface area contributed by atoms with E-state index in [-0.39, 0.29) is 28.3 Å². The first kappa shape index (κ1) is 31.3. The Bertz CT molecular complexity index is 1670. The normalized spacial score (nSPS) is 33.5. The Morgan fingerprint density at radius 2 is 1.64 bits per heavy atom. The van der Waals surface area contributed by atoms with Crippen molar-refractivity contribution in [3.8, 4) is 11.1 Å². The summed E-state index contributed by atoms with van der Waals surface area (Å²) < 4.78 is 13.8. The summed E-state index contributed by atoms with van der Waals surface area (Å²) in [5.74, 6) is 2.43. The van der Waals surface area contributed by atoms with Crippen molar-refractivity contribution in [2.45, 2.75) is 96.5 Å². The molecule has 5 aliphatic carbocycles. The molecule has 3 fully saturated rings. The summed E-state index contributed by atoms with van der Waals surface area (Å²) >= 11 is 3.45. The number of hydrogen-bond donors (Lipinski definition) is 0. The fourth-order valence-corrected chi connectivity index (χ4v) is 11.5. The number of halogens is 1. The van der Waals surface area contributed by atoms with Gasteiger partial charge in [0.05, 0.1) is 5.69 Å². The molecule has 7 heteroatoms. The van der Waals surface area contributed by atoms with Crippen molar-refractivity contribution in [3.05, 3.63) is 77.1 Å². The fourth-order valence-electron chi connectivity index (χ4n) is 11.2. The number of fused-ring (bicyclic) bond motifs is 9. The molecule has 1 aromatic heterocycles. The van der Waals surface area contributed by atoms with E-state index in [0.29, 0.717) is 36.7 Å². The lowest BCUT2D eigenvalue weighted by atomic mass is 9.44. The summed E-state index contributed by atoms with van der Waals surface area (Å²) in [6.07, 6.45) is 11.6. The molecular weight excluding hydrogens is 652 g/mol. The predicted octanol–water partition coefficient (Wildman–Crippen LogP) is 9.11. The number of nitrogens with zero attached hydrogens (tertiary/aromatic N) is 2. The molecule has 0 radical (unpaired) electrons. The van der Waals surface area contributed by atoms with E-state index in [4.69, 9.17) is 14.6 Å². The third-order valence-corrected chi connectivity index (χ3v) is 14.4. The maximum atomic E-state index is 13.5. The molecule has 7 atom stereocenters. The number of ether oxygens (including phenoxy) is 2. The van der Waals surface area contributed by atoms with Crippen molar-refractivity contribution in [3.63, 3.8) is 0 Å². The molecule has 1 heterocycles. The zero-order chi connectivity index (χ0) is 32.6. The lowest BCUT2D eigenvalue weighted by molar-refractivity contribution is -0.184. The molecule has 0 bridgehead atoms. The topological polar surface area (TPSA) is 70.4 Å². The highest BCUT2D eigenvalue weighted by atomic mass is 79.9. The summed E-state index contributed by atoms with van der Waals surface area (Å²) in [4.78, 5) is 26.3. The van der Waals surface area contributed by atoms with E-state index < -0.39 is 6.09 Å². The zero-order valence-corrected chi connectivity index (χ0v) is 29.6. The number of hydrogen-bond acceptors (Lipinski definition) is 5. The molecular formula is C40H47BrN2O4. The van der Waals surface area contributed by atoms with Crippen LogP contribution in [0.5, 0.6) is 0 Å². The minimum absolute atomic E-state index is 0.0240. The second-order valence-corrected chi connectivity index (χ2v) is 16.7. The molecule has 0 spiro atoms. The minimum Gasteiger partial charge on any atom is -0.459 e. The van der Waals surface area contributed by atoms with Crippen LogP contribution in [0.25, 0.3) is 11.1 Å². The van der Waals surface area contributed by atoms with Crippen LogP contribution < -0.4 is 0 Å². The van der Waals surface area contributed by atoms with Crippen LogP contribution in [0.4, 0.5) is 4.79 Å². The second-order valence-electron chi connectivity index (χ2n) is 15.9. The maximum Gasteiger partial charge on any atom is 0.434 e. The van der Waals surface area contributed by atoms with Crippen LogP contribution >= 0.6 is 15.9 Å². The Morgan fingerprint density at radius 1 is 0.936 bits per heavy atom. The Morgan fingerprint density at radius 3 is 2.36 bits per heavy atom. The van der Waals surface area contributed by atoms with Crippen molar-refractivity contribution >= 4 is 28.0 Å². The molecule has 5 aliphatic rings. The zero-order valence-electron chi connectivity index (χ0n) is 28.0. The maximum absolute atomic E-state index is 13.5. The third-order valence-electron chi connectivity index (χ3n) is 13.9. The molecule has 0 saturated heterocycles. The van der Waals surface area contributed by atoms with Gasteiger partial charge in [0.25, 0.3) is 0 Å². The van der Waals surface area contributed by atoms with Crippen molar-refractivity contribution in [1.82, 2.24) is 9.78 Å². The molecule has 47 heavy (non-hydrogen) atoms. The molecule has 3 aromatic rings. The first-order valence-corrected chi connectivity index (χ1v) is 19.0. The average molecular weight is 700 g/mol. The van der Waals surface area contributed by atoms with Crippen LogP contribution in [0.2, 0.25) is 0 Å². The molecule has 3 saturated carbocycles. The number of benzene rings is 2. The highest BCUT2D eigenvalue weighted by molar-refractivity contribution is 9.09. The number of carbonyl (C=O) groups is 2. The van der Waals surface area contributed by atoms with Gasteiger partial charge in [-0.1, -0.05) is 78.3 Å². The molecule has 6 nitrogen and oxygen atoms in total. The van der Waals surface area contributed by atoms with Gasteiger partial charge in [-0.2, -0.15) is 9.78 Å². The summed E-state index contributed by atoms with van der Waals surface area (Å²) in [6.45, 7) is 7.47. The Balaban J connectivity index is 0.972. The molecule has 8 rings (SSSR count). The molecule has 248 valence electrons. The molecule has 0 amide bonds. The van der Waals surface area contributed by atoms with Crippen molar-refractivity contribution in [2.75, 3.05) is 11.9 Å². The summed E-state index contributed by atoms with van der Waals surface area (Å²) in [5.41, 5.74) is 6.99. The Labute approximate surface area is 287 Å². The van der Waals surface area contributed by atoms with E-state index in [2.05, 4.69) is 85.2 Å². The summed E-state index contributed by atoms with van der Waals surface area (Å²) in [7, 11) is 0. The number of esters is 1. The second kappa shape index (κ2) is 11.6. The highest BCUT2D eigenvalue weighted by Crippen LogP contribution is 2.68. The van der Waals surface area contributed by atoms with Crippen LogP contribution in [-0.2, 0) is 27.1 Å². The fraction of sp³-hybridized carbons (Fsp3) is 0.575. The smallest absolute Gasteiger partial charge is 0.434 e. The lowest BCUT2D eigenvalue weighted by Gasteiger charge is -2.61. The van der Waals surface area contributed by atoms with E-state index >= 15 is 0 Å². The Hall–Kier alpha value is -2.93. The van der Waals surface area contributed by atoms with Gasteiger partial charge in [-0.3, -0.25) is 4.79 Å². The monoisotopic (exact) mass is 698 g/mol. The van der Waals surface area contributed by atoms with Gasteiger partial charge in [0.1, 0.15) is 12.2 Å². The first-order valence-electron chi connectivity index (χ1n) is 17.9. The molecule has 2 aromatic carbocycles. The standard InChI is InChI=1S/C40H47BrN2O4/c1-38-22-25-23-43(37(45)46-24-32-29-11-6-4-9-27(29)28-10-5-7-12-30(28)32)42-35(25)21-26(38)14-15-31-33(38)16-18-39(2)34(31)17-19-40(39,3)47-36(44)13-8-20-41/h4-7,9-12,23,26,31-34H,8,13-22,24H2,1-3H3/t26?,31?,33?,34?,38-,39-,40-/m0/s1. The quantitative estimate of drug-likeness (QED) is 0.190. The first-order chi connectivity index (χ1) is 22.6. The van der Waals surface area contributed by atoms with Crippen molar-refractivity contribution < 1.29 is 19.1 Å². The SMILES string of the molecule is C[C@]12Cc3cn(C(=O)OCC4c5ccccc5-c5ccccc54)nc3CC1CCC1C2CC[C@@]2(C)C1CC[C@]2(C)OC(=O)CCCBr. The lowest BCUT2D eigenvalue weighted by Crippen LogP contribution is -2.57. The van der Waals surface area contributed by atoms with Crippen LogP contribution in [0, 0.1) is 34.5 Å². The molecule has 0 aliphatic heterocycles. The van der Waals surface area contributed by atoms with Gasteiger partial charge >= 0.3 is 12.1 Å². The summed E-state index contributed by atoms with van der Waals surface area (Å²) in [5, 5.41) is 5.66. The number of rotatable bonds is 6. The highest BCUT2D eigenvalue weighted by Gasteiger charge is 2.65. The van der Waals surface area contributed by atoms with Crippen molar-refractivity contribution in [2.24, 2.45) is 34.5 Å². The van der Waals surface area contributed by atoms with Crippen LogP contribution in [0.3, 0.4) is 0 Å². The van der Waals surface area contributed by atoms with Crippen LogP contribution in [-0.4, -0.2) is 39.4 Å². The number of alkyl halides is 1. The van der Waals surface area contributed by atoms with E-state index in [1.807, 2.05) is 6.20 Å². The van der Waals surface area contributed by atoms with Gasteiger partial charge in [0.2, 0.25) is 0 Å². The van der Waals surface area contributed by atoms with E-state index in [9.17, 15) is 9.59 Å². The Kier molecular flexibility index (Phi) is 7.74. The summed E-state index contributed by atoms with van der Waals surface area (Å²) in [6, 6.07) is 16.9. The van der Waals surface area contributed by atoms with Gasteiger partial charge in [0, 0.05) is 29.3 Å². The largest absolute Gasteiger partial charge is 0.459 e. The van der Waals surface area contributed by atoms with E-state index in [1.165, 1.54) is 51.8 Å². The van der Waals surface area contributed by atoms with Gasteiger partial charge < -0.3 is 9.47 Å². The van der Waals surface area contributed by atoms with E-state index in [1.54, 1.807) is 0 Å². The van der Waals surface area contributed by atoms with E-state index in [0.717, 1.165) is 49.5 Å². The van der Waals surface area contributed by atoms with Gasteiger partial charge in [0.15, 0.2) is 0 Å². The van der Waals surface area contributed by atoms with Gasteiger partial charge in [-0.05, 0) is 122 Å².